The number of aromatic nitrogens is 2. The number of pyridine rings is 1. The maximum Gasteiger partial charge on any atom is 0.137 e. The Labute approximate surface area is 199 Å². The monoisotopic (exact) mass is 463 g/mol. The van der Waals surface area contributed by atoms with E-state index >= 15 is 0 Å². The Hall–Kier alpha value is -2.73. The Balaban J connectivity index is 1.39. The second kappa shape index (κ2) is 8.49. The zero-order valence-electron chi connectivity index (χ0n) is 19.7. The van der Waals surface area contributed by atoms with Gasteiger partial charge in [-0.1, -0.05) is 11.6 Å². The van der Waals surface area contributed by atoms with Crippen LogP contribution in [0.2, 0.25) is 0 Å². The van der Waals surface area contributed by atoms with Crippen LogP contribution < -0.4 is 4.74 Å². The molecule has 0 radical (unpaired) electrons. The molecule has 0 unspecified atom stereocenters. The molecule has 178 valence electrons. The minimum atomic E-state index is -1.03. The molecule has 2 aliphatic carbocycles. The molecule has 0 bridgehead atoms. The lowest BCUT2D eigenvalue weighted by molar-refractivity contribution is 0.0727. The Morgan fingerprint density at radius 3 is 2.76 bits per heavy atom. The normalized spacial score (nSPS) is 20.2. The number of methoxy groups -OCH3 is 1. The predicted molar refractivity (Wildman–Crippen MR) is 130 cm³/mol. The minimum absolute atomic E-state index is 0.174. The van der Waals surface area contributed by atoms with Gasteiger partial charge in [0.2, 0.25) is 0 Å². The van der Waals surface area contributed by atoms with E-state index in [9.17, 15) is 8.78 Å². The van der Waals surface area contributed by atoms with Crippen molar-refractivity contribution in [2.45, 2.75) is 50.7 Å². The van der Waals surface area contributed by atoms with Crippen LogP contribution in [0.25, 0.3) is 11.2 Å². The highest BCUT2D eigenvalue weighted by Crippen LogP contribution is 2.49. The van der Waals surface area contributed by atoms with Gasteiger partial charge in [-0.25, -0.2) is 9.37 Å². The van der Waals surface area contributed by atoms with Gasteiger partial charge in [0.15, 0.2) is 0 Å². The van der Waals surface area contributed by atoms with Crippen LogP contribution in [0.15, 0.2) is 48.3 Å². The number of fused-ring (bicyclic) bond motifs is 2. The minimum Gasteiger partial charge on any atom is -0.497 e. The summed E-state index contributed by atoms with van der Waals surface area (Å²) in [5.41, 5.74) is 6.79. The van der Waals surface area contributed by atoms with Crippen molar-refractivity contribution < 1.29 is 13.5 Å². The third-order valence-corrected chi connectivity index (χ3v) is 7.62. The summed E-state index contributed by atoms with van der Waals surface area (Å²) in [6, 6.07) is 10.5. The number of halogens is 2. The number of likely N-dealkylation sites (tertiary alicyclic amines) is 1. The highest BCUT2D eigenvalue weighted by Gasteiger charge is 2.44. The Morgan fingerprint density at radius 1 is 1.15 bits per heavy atom. The summed E-state index contributed by atoms with van der Waals surface area (Å²) in [5.74, 6) is 1.04. The molecule has 0 spiro atoms. The fourth-order valence-corrected chi connectivity index (χ4v) is 5.59. The third kappa shape index (κ3) is 4.13. The fraction of sp³-hybridized carbons (Fsp3) is 0.464. The highest BCUT2D eigenvalue weighted by molar-refractivity contribution is 5.85. The molecule has 34 heavy (non-hydrogen) atoms. The zero-order valence-corrected chi connectivity index (χ0v) is 19.7. The van der Waals surface area contributed by atoms with Crippen molar-refractivity contribution >= 4 is 11.2 Å². The van der Waals surface area contributed by atoms with E-state index in [-0.39, 0.29) is 12.6 Å². The SMILES string of the molecule is COc1ccc2c(c1)CCCC(CC1(F)CC1)=C2c1ccn2cc(CN3CC(CF)C3)nc2c1. The Morgan fingerprint density at radius 2 is 2.00 bits per heavy atom. The molecular formula is C28H31F2N3O. The van der Waals surface area contributed by atoms with E-state index < -0.39 is 5.67 Å². The topological polar surface area (TPSA) is 29.8 Å². The van der Waals surface area contributed by atoms with Crippen molar-refractivity contribution in [1.29, 1.82) is 0 Å². The van der Waals surface area contributed by atoms with Gasteiger partial charge in [0.05, 0.1) is 19.5 Å². The van der Waals surface area contributed by atoms with E-state index in [0.717, 1.165) is 61.6 Å². The molecule has 1 saturated heterocycles. The lowest BCUT2D eigenvalue weighted by Crippen LogP contribution is -2.46. The van der Waals surface area contributed by atoms with Crippen LogP contribution in [0, 0.1) is 5.92 Å². The van der Waals surface area contributed by atoms with E-state index in [1.807, 2.05) is 6.07 Å². The largest absolute Gasteiger partial charge is 0.497 e. The first kappa shape index (κ1) is 21.8. The van der Waals surface area contributed by atoms with Gasteiger partial charge in [0.25, 0.3) is 0 Å². The number of alkyl halides is 2. The molecule has 0 atom stereocenters. The van der Waals surface area contributed by atoms with Gasteiger partial charge in [0, 0.05) is 44.4 Å². The molecule has 3 aromatic rings. The third-order valence-electron chi connectivity index (χ3n) is 7.62. The number of imidazole rings is 1. The first-order chi connectivity index (χ1) is 16.5. The van der Waals surface area contributed by atoms with Crippen LogP contribution in [0.1, 0.15) is 54.5 Å². The maximum atomic E-state index is 15.0. The summed E-state index contributed by atoms with van der Waals surface area (Å²) in [6.45, 7) is 2.11. The summed E-state index contributed by atoms with van der Waals surface area (Å²) in [7, 11) is 1.70. The molecule has 1 aromatic carbocycles. The average Bonchev–Trinajstić information content (AvgIpc) is 3.44. The van der Waals surface area contributed by atoms with Gasteiger partial charge in [0.1, 0.15) is 17.1 Å². The molecule has 6 rings (SSSR count). The molecule has 3 aliphatic rings. The second-order valence-electron chi connectivity index (χ2n) is 10.3. The van der Waals surface area contributed by atoms with E-state index in [0.29, 0.717) is 19.3 Å². The molecule has 0 amide bonds. The number of aryl methyl sites for hydroxylation is 1. The van der Waals surface area contributed by atoms with Gasteiger partial charge < -0.3 is 9.14 Å². The number of hydrogen-bond donors (Lipinski definition) is 0. The van der Waals surface area contributed by atoms with Gasteiger partial charge >= 0.3 is 0 Å². The smallest absolute Gasteiger partial charge is 0.137 e. The summed E-state index contributed by atoms with van der Waals surface area (Å²) >= 11 is 0. The highest BCUT2D eigenvalue weighted by atomic mass is 19.1. The summed E-state index contributed by atoms with van der Waals surface area (Å²) in [5, 5.41) is 0. The number of allylic oxidation sites excluding steroid dienone is 1. The maximum absolute atomic E-state index is 15.0. The molecule has 6 heteroatoms. The molecule has 1 saturated carbocycles. The first-order valence-electron chi connectivity index (χ1n) is 12.4. The van der Waals surface area contributed by atoms with Crippen molar-refractivity contribution in [3.05, 3.63) is 70.7 Å². The summed E-state index contributed by atoms with van der Waals surface area (Å²) in [4.78, 5) is 7.11. The van der Waals surface area contributed by atoms with Crippen molar-refractivity contribution in [2.24, 2.45) is 5.92 Å². The van der Waals surface area contributed by atoms with Crippen molar-refractivity contribution in [3.63, 3.8) is 0 Å². The van der Waals surface area contributed by atoms with E-state index in [2.05, 4.69) is 46.0 Å². The van der Waals surface area contributed by atoms with Crippen LogP contribution in [0.5, 0.6) is 5.75 Å². The Kier molecular flexibility index (Phi) is 5.44. The number of rotatable bonds is 7. The van der Waals surface area contributed by atoms with Crippen LogP contribution >= 0.6 is 0 Å². The number of nitrogens with zero attached hydrogens (tertiary/aromatic N) is 3. The van der Waals surface area contributed by atoms with Crippen molar-refractivity contribution in [1.82, 2.24) is 14.3 Å². The molecule has 0 N–H and O–H groups in total. The van der Waals surface area contributed by atoms with Crippen LogP contribution in [0.4, 0.5) is 8.78 Å². The van der Waals surface area contributed by atoms with E-state index in [1.165, 1.54) is 22.3 Å². The molecule has 4 nitrogen and oxygen atoms in total. The van der Waals surface area contributed by atoms with Crippen LogP contribution in [-0.4, -0.2) is 46.8 Å². The quantitative estimate of drug-likeness (QED) is 0.445. The fourth-order valence-electron chi connectivity index (χ4n) is 5.59. The average molecular weight is 464 g/mol. The van der Waals surface area contributed by atoms with Gasteiger partial charge in [-0.05, 0) is 78.6 Å². The van der Waals surface area contributed by atoms with Gasteiger partial charge in [-0.15, -0.1) is 0 Å². The van der Waals surface area contributed by atoms with Gasteiger partial charge in [-0.2, -0.15) is 0 Å². The van der Waals surface area contributed by atoms with Gasteiger partial charge in [-0.3, -0.25) is 9.29 Å². The first-order valence-corrected chi connectivity index (χ1v) is 12.4. The second-order valence-corrected chi connectivity index (χ2v) is 10.3. The number of hydrogen-bond acceptors (Lipinski definition) is 3. The van der Waals surface area contributed by atoms with Crippen LogP contribution in [-0.2, 0) is 13.0 Å². The Bertz CT molecular complexity index is 1250. The molecule has 1 aliphatic heterocycles. The summed E-state index contributed by atoms with van der Waals surface area (Å²) in [6.07, 6.45) is 8.86. The van der Waals surface area contributed by atoms with E-state index in [1.54, 1.807) is 7.11 Å². The number of ether oxygens (including phenoxy) is 1. The van der Waals surface area contributed by atoms with Crippen molar-refractivity contribution in [2.75, 3.05) is 26.9 Å². The predicted octanol–water partition coefficient (Wildman–Crippen LogP) is 5.77. The standard InChI is InChI=1S/C28H31F2N3O/c1-34-24-5-6-25-20(11-24)3-2-4-22(13-28(30)8-9-28)27(25)21-7-10-33-18-23(31-26(33)12-21)17-32-15-19(14-29)16-32/h5-7,10-12,18-19H,2-4,8-9,13-17H2,1H3. The summed E-state index contributed by atoms with van der Waals surface area (Å²) < 4.78 is 35.3. The van der Waals surface area contributed by atoms with Crippen LogP contribution in [0.3, 0.4) is 0 Å². The zero-order chi connectivity index (χ0) is 23.3. The number of benzene rings is 1. The molecule has 2 aromatic heterocycles. The molecule has 2 fully saturated rings. The molecular weight excluding hydrogens is 432 g/mol. The van der Waals surface area contributed by atoms with Crippen molar-refractivity contribution in [3.8, 4) is 5.75 Å². The van der Waals surface area contributed by atoms with E-state index in [4.69, 9.17) is 9.72 Å². The lowest BCUT2D eigenvalue weighted by Gasteiger charge is -2.37. The molecule has 3 heterocycles. The lowest BCUT2D eigenvalue weighted by atomic mass is 9.88.